The van der Waals surface area contributed by atoms with Gasteiger partial charge in [-0.1, -0.05) is 0 Å². The molecule has 1 aromatic carbocycles. The van der Waals surface area contributed by atoms with Crippen LogP contribution in [0.1, 0.15) is 12.8 Å². The summed E-state index contributed by atoms with van der Waals surface area (Å²) in [4.78, 5) is 2.26. The third-order valence-corrected chi connectivity index (χ3v) is 3.90. The third kappa shape index (κ3) is 2.42. The topological polar surface area (TPSA) is 68.0 Å². The highest BCUT2D eigenvalue weighted by atomic mass is 16.6. The van der Waals surface area contributed by atoms with Crippen molar-refractivity contribution in [3.8, 4) is 11.5 Å². The normalized spacial score (nSPS) is 19.5. The maximum Gasteiger partial charge on any atom is 0.163 e. The van der Waals surface area contributed by atoms with E-state index in [0.717, 1.165) is 48.8 Å². The Kier molecular flexibility index (Phi) is 3.38. The number of piperidine rings is 1. The summed E-state index contributed by atoms with van der Waals surface area (Å²) >= 11 is 0. The number of anilines is 2. The molecule has 1 saturated heterocycles. The molecule has 3 N–H and O–H groups in total. The van der Waals surface area contributed by atoms with E-state index in [0.29, 0.717) is 19.1 Å². The van der Waals surface area contributed by atoms with E-state index in [1.54, 1.807) is 0 Å². The Morgan fingerprint density at radius 2 is 1.79 bits per heavy atom. The molecule has 5 nitrogen and oxygen atoms in total. The molecule has 19 heavy (non-hydrogen) atoms. The van der Waals surface area contributed by atoms with Gasteiger partial charge < -0.3 is 25.2 Å². The van der Waals surface area contributed by atoms with Crippen LogP contribution in [0, 0.1) is 5.92 Å². The van der Waals surface area contributed by atoms with E-state index in [2.05, 4.69) is 4.90 Å². The van der Waals surface area contributed by atoms with Crippen LogP contribution in [0.15, 0.2) is 12.1 Å². The minimum Gasteiger partial charge on any atom is -0.486 e. The standard InChI is InChI=1S/C14H20N2O3/c15-11-7-13-14(19-6-5-18-13)8-12(11)16-3-1-10(9-17)2-4-16/h7-8,10,17H,1-6,9,15H2. The van der Waals surface area contributed by atoms with Gasteiger partial charge in [0.25, 0.3) is 0 Å². The molecule has 104 valence electrons. The summed E-state index contributed by atoms with van der Waals surface area (Å²) < 4.78 is 11.1. The summed E-state index contributed by atoms with van der Waals surface area (Å²) in [7, 11) is 0. The van der Waals surface area contributed by atoms with Crippen molar-refractivity contribution in [1.82, 2.24) is 0 Å². The van der Waals surface area contributed by atoms with Gasteiger partial charge in [-0.15, -0.1) is 0 Å². The number of hydrogen-bond acceptors (Lipinski definition) is 5. The molecule has 3 rings (SSSR count). The van der Waals surface area contributed by atoms with Crippen molar-refractivity contribution in [3.05, 3.63) is 12.1 Å². The number of nitrogens with two attached hydrogens (primary N) is 1. The van der Waals surface area contributed by atoms with Gasteiger partial charge in [0.1, 0.15) is 13.2 Å². The molecule has 0 radical (unpaired) electrons. The third-order valence-electron chi connectivity index (χ3n) is 3.90. The Labute approximate surface area is 112 Å². The lowest BCUT2D eigenvalue weighted by Gasteiger charge is -2.34. The van der Waals surface area contributed by atoms with Crippen molar-refractivity contribution >= 4 is 11.4 Å². The highest BCUT2D eigenvalue weighted by molar-refractivity contribution is 5.73. The van der Waals surface area contributed by atoms with Gasteiger partial charge in [0, 0.05) is 31.8 Å². The highest BCUT2D eigenvalue weighted by Crippen LogP contribution is 2.39. The van der Waals surface area contributed by atoms with E-state index < -0.39 is 0 Å². The fraction of sp³-hybridized carbons (Fsp3) is 0.571. The number of aliphatic hydroxyl groups excluding tert-OH is 1. The Hall–Kier alpha value is -1.62. The van der Waals surface area contributed by atoms with E-state index in [4.69, 9.17) is 15.2 Å². The van der Waals surface area contributed by atoms with Gasteiger partial charge in [-0.2, -0.15) is 0 Å². The van der Waals surface area contributed by atoms with Crippen LogP contribution < -0.4 is 20.1 Å². The number of hydrogen-bond donors (Lipinski definition) is 2. The molecule has 0 bridgehead atoms. The lowest BCUT2D eigenvalue weighted by atomic mass is 9.97. The second kappa shape index (κ2) is 5.17. The molecule has 0 amide bonds. The van der Waals surface area contributed by atoms with Crippen LogP contribution in [0.3, 0.4) is 0 Å². The molecule has 0 atom stereocenters. The number of nitrogen functional groups attached to an aromatic ring is 1. The maximum atomic E-state index is 9.18. The molecule has 1 aromatic rings. The molecule has 0 spiro atoms. The number of ether oxygens (including phenoxy) is 2. The fourth-order valence-corrected chi connectivity index (χ4v) is 2.72. The number of rotatable bonds is 2. The van der Waals surface area contributed by atoms with Crippen molar-refractivity contribution in [3.63, 3.8) is 0 Å². The average molecular weight is 264 g/mol. The van der Waals surface area contributed by atoms with Gasteiger partial charge in [0.05, 0.1) is 11.4 Å². The monoisotopic (exact) mass is 264 g/mol. The van der Waals surface area contributed by atoms with E-state index >= 15 is 0 Å². The smallest absolute Gasteiger partial charge is 0.163 e. The van der Waals surface area contributed by atoms with Gasteiger partial charge >= 0.3 is 0 Å². The van der Waals surface area contributed by atoms with Gasteiger partial charge in [-0.25, -0.2) is 0 Å². The number of nitrogens with zero attached hydrogens (tertiary/aromatic N) is 1. The van der Waals surface area contributed by atoms with Crippen LogP contribution in [-0.2, 0) is 0 Å². The Morgan fingerprint density at radius 1 is 1.16 bits per heavy atom. The Bertz CT molecular complexity index is 456. The second-order valence-corrected chi connectivity index (χ2v) is 5.17. The summed E-state index contributed by atoms with van der Waals surface area (Å²) in [5.74, 6) is 1.94. The lowest BCUT2D eigenvalue weighted by molar-refractivity contribution is 0.171. The summed E-state index contributed by atoms with van der Waals surface area (Å²) in [5, 5.41) is 9.18. The van der Waals surface area contributed by atoms with Crippen LogP contribution >= 0.6 is 0 Å². The molecular weight excluding hydrogens is 244 g/mol. The first-order valence-electron chi connectivity index (χ1n) is 6.83. The van der Waals surface area contributed by atoms with Crippen molar-refractivity contribution < 1.29 is 14.6 Å². The molecule has 0 unspecified atom stereocenters. The first kappa shape index (κ1) is 12.4. The zero-order chi connectivity index (χ0) is 13.2. The summed E-state index contributed by atoms with van der Waals surface area (Å²) in [6.45, 7) is 3.30. The average Bonchev–Trinajstić information content (AvgIpc) is 2.47. The minimum absolute atomic E-state index is 0.282. The summed E-state index contributed by atoms with van der Waals surface area (Å²) in [6.07, 6.45) is 2.01. The molecule has 2 aliphatic rings. The Morgan fingerprint density at radius 3 is 2.42 bits per heavy atom. The Balaban J connectivity index is 1.81. The van der Waals surface area contributed by atoms with Crippen molar-refractivity contribution in [1.29, 1.82) is 0 Å². The van der Waals surface area contributed by atoms with E-state index in [1.165, 1.54) is 0 Å². The van der Waals surface area contributed by atoms with Gasteiger partial charge in [0.2, 0.25) is 0 Å². The van der Waals surface area contributed by atoms with Gasteiger partial charge in [-0.05, 0) is 18.8 Å². The largest absolute Gasteiger partial charge is 0.486 e. The van der Waals surface area contributed by atoms with E-state index in [9.17, 15) is 5.11 Å². The van der Waals surface area contributed by atoms with Crippen LogP contribution in [0.4, 0.5) is 11.4 Å². The van der Waals surface area contributed by atoms with Gasteiger partial charge in [0.15, 0.2) is 11.5 Å². The zero-order valence-electron chi connectivity index (χ0n) is 11.0. The van der Waals surface area contributed by atoms with E-state index in [1.807, 2.05) is 12.1 Å². The molecule has 5 heteroatoms. The van der Waals surface area contributed by atoms with Crippen LogP contribution in [0.25, 0.3) is 0 Å². The van der Waals surface area contributed by atoms with E-state index in [-0.39, 0.29) is 6.61 Å². The maximum absolute atomic E-state index is 9.18. The first-order chi connectivity index (χ1) is 9.28. The zero-order valence-corrected chi connectivity index (χ0v) is 11.0. The fourth-order valence-electron chi connectivity index (χ4n) is 2.72. The summed E-state index contributed by atoms with van der Waals surface area (Å²) in [5.41, 5.74) is 7.86. The summed E-state index contributed by atoms with van der Waals surface area (Å²) in [6, 6.07) is 3.82. The molecule has 0 aromatic heterocycles. The number of fused-ring (bicyclic) bond motifs is 1. The first-order valence-corrected chi connectivity index (χ1v) is 6.83. The predicted octanol–water partition coefficient (Wildman–Crippen LogP) is 1.25. The molecule has 2 heterocycles. The van der Waals surface area contributed by atoms with Crippen LogP contribution in [0.2, 0.25) is 0 Å². The quantitative estimate of drug-likeness (QED) is 0.787. The van der Waals surface area contributed by atoms with Crippen LogP contribution in [0.5, 0.6) is 11.5 Å². The SMILES string of the molecule is Nc1cc2c(cc1N1CCC(CO)CC1)OCCO2. The van der Waals surface area contributed by atoms with Crippen LogP contribution in [-0.4, -0.2) is 38.0 Å². The second-order valence-electron chi connectivity index (χ2n) is 5.17. The molecule has 2 aliphatic heterocycles. The highest BCUT2D eigenvalue weighted by Gasteiger charge is 2.22. The number of aliphatic hydroxyl groups is 1. The predicted molar refractivity (Wildman–Crippen MR) is 73.9 cm³/mol. The molecule has 0 saturated carbocycles. The van der Waals surface area contributed by atoms with Crippen molar-refractivity contribution in [2.24, 2.45) is 5.92 Å². The molecule has 0 aliphatic carbocycles. The van der Waals surface area contributed by atoms with Gasteiger partial charge in [-0.3, -0.25) is 0 Å². The minimum atomic E-state index is 0.282. The van der Waals surface area contributed by atoms with Crippen molar-refractivity contribution in [2.45, 2.75) is 12.8 Å². The number of benzene rings is 1. The molecular formula is C14H20N2O3. The lowest BCUT2D eigenvalue weighted by Crippen LogP contribution is -2.35. The molecule has 1 fully saturated rings. The van der Waals surface area contributed by atoms with Crippen molar-refractivity contribution in [2.75, 3.05) is 43.5 Å².